The summed E-state index contributed by atoms with van der Waals surface area (Å²) in [4.78, 5) is 52.2. The van der Waals surface area contributed by atoms with Crippen LogP contribution in [0.4, 0.5) is 0 Å². The first kappa shape index (κ1) is 31.1. The summed E-state index contributed by atoms with van der Waals surface area (Å²) in [6.45, 7) is 9.55. The molecule has 40 heavy (non-hydrogen) atoms. The largest absolute Gasteiger partial charge is 0.465 e. The molecule has 0 aromatic heterocycles. The predicted molar refractivity (Wildman–Crippen MR) is 156 cm³/mol. The zero-order valence-corrected chi connectivity index (χ0v) is 24.7. The topological polar surface area (TPSA) is 102 Å². The van der Waals surface area contributed by atoms with E-state index in [1.807, 2.05) is 46.8 Å². The third kappa shape index (κ3) is 8.03. The number of benzene rings is 2. The van der Waals surface area contributed by atoms with Gasteiger partial charge in [0.15, 0.2) is 5.78 Å². The standard InChI is InChI=1S/C33H44N2O5/c1-7-21(2)30(37)35-29(33(3,4)5)28(36)20-25(19-22-15-17-24(18-16-22)32(39)40-6)31(38)34-27-14-10-12-23-11-8-9-13-26(23)27/h8-9,11,13,15-18,21,25,27,29H,7,10,12,14,19-20H2,1-6H3,(H,34,38)(H,35,37)/t21-,25-,27-,29-/m1/s1. The van der Waals surface area contributed by atoms with Crippen molar-refractivity contribution in [2.24, 2.45) is 17.3 Å². The quantitative estimate of drug-likeness (QED) is 0.368. The molecule has 0 radical (unpaired) electrons. The maximum absolute atomic E-state index is 13.8. The highest BCUT2D eigenvalue weighted by molar-refractivity contribution is 5.93. The smallest absolute Gasteiger partial charge is 0.337 e. The van der Waals surface area contributed by atoms with E-state index >= 15 is 0 Å². The molecular formula is C33H44N2O5. The van der Waals surface area contributed by atoms with Crippen molar-refractivity contribution in [3.8, 4) is 0 Å². The fourth-order valence-corrected chi connectivity index (χ4v) is 5.24. The first-order valence-corrected chi connectivity index (χ1v) is 14.3. The average molecular weight is 549 g/mol. The van der Waals surface area contributed by atoms with Gasteiger partial charge >= 0.3 is 5.97 Å². The van der Waals surface area contributed by atoms with Crippen molar-refractivity contribution in [2.45, 2.75) is 85.2 Å². The van der Waals surface area contributed by atoms with Crippen LogP contribution in [0, 0.1) is 17.3 Å². The molecule has 0 saturated heterocycles. The number of amides is 2. The van der Waals surface area contributed by atoms with Gasteiger partial charge in [-0.05, 0) is 66.3 Å². The zero-order valence-electron chi connectivity index (χ0n) is 24.7. The average Bonchev–Trinajstić information content (AvgIpc) is 2.94. The number of carbonyl (C=O) groups excluding carboxylic acids is 4. The van der Waals surface area contributed by atoms with E-state index < -0.39 is 23.3 Å². The van der Waals surface area contributed by atoms with E-state index in [4.69, 9.17) is 4.74 Å². The van der Waals surface area contributed by atoms with Crippen LogP contribution in [0.5, 0.6) is 0 Å². The third-order valence-corrected chi connectivity index (χ3v) is 7.90. The van der Waals surface area contributed by atoms with E-state index in [1.54, 1.807) is 24.3 Å². The van der Waals surface area contributed by atoms with E-state index in [0.717, 1.165) is 30.4 Å². The zero-order chi connectivity index (χ0) is 29.4. The van der Waals surface area contributed by atoms with Gasteiger partial charge in [0.25, 0.3) is 0 Å². The second kappa shape index (κ2) is 13.7. The monoisotopic (exact) mass is 548 g/mol. The minimum Gasteiger partial charge on any atom is -0.465 e. The summed E-state index contributed by atoms with van der Waals surface area (Å²) in [6, 6.07) is 14.2. The molecule has 216 valence electrons. The lowest BCUT2D eigenvalue weighted by atomic mass is 9.80. The van der Waals surface area contributed by atoms with Crippen LogP contribution < -0.4 is 10.6 Å². The molecule has 3 rings (SSSR count). The molecule has 0 unspecified atom stereocenters. The number of esters is 1. The number of methoxy groups -OCH3 is 1. The van der Waals surface area contributed by atoms with Crippen LogP contribution in [-0.4, -0.2) is 36.7 Å². The summed E-state index contributed by atoms with van der Waals surface area (Å²) in [5.74, 6) is -1.80. The van der Waals surface area contributed by atoms with Crippen molar-refractivity contribution in [2.75, 3.05) is 7.11 Å². The number of carbonyl (C=O) groups is 4. The molecule has 0 bridgehead atoms. The normalized spacial score (nSPS) is 17.1. The minimum atomic E-state index is -0.721. The number of rotatable bonds is 11. The Morgan fingerprint density at radius 2 is 1.68 bits per heavy atom. The van der Waals surface area contributed by atoms with Gasteiger partial charge in [-0.15, -0.1) is 0 Å². The molecule has 0 aliphatic heterocycles. The molecule has 0 fully saturated rings. The van der Waals surface area contributed by atoms with Crippen molar-refractivity contribution < 1.29 is 23.9 Å². The molecule has 1 aliphatic rings. The van der Waals surface area contributed by atoms with Gasteiger partial charge in [-0.3, -0.25) is 14.4 Å². The molecule has 1 aliphatic carbocycles. The van der Waals surface area contributed by atoms with Gasteiger partial charge in [0.1, 0.15) is 0 Å². The van der Waals surface area contributed by atoms with E-state index in [9.17, 15) is 19.2 Å². The Labute approximate surface area is 238 Å². The number of hydrogen-bond acceptors (Lipinski definition) is 5. The Morgan fingerprint density at radius 1 is 1.00 bits per heavy atom. The molecule has 7 heteroatoms. The van der Waals surface area contributed by atoms with Crippen LogP contribution in [-0.2, 0) is 32.0 Å². The molecule has 4 atom stereocenters. The molecule has 2 N–H and O–H groups in total. The fraction of sp³-hybridized carbons (Fsp3) is 0.515. The number of Topliss-reactive ketones (excluding diaryl/α,β-unsaturated/α-hetero) is 1. The number of ether oxygens (including phenoxy) is 1. The summed E-state index contributed by atoms with van der Waals surface area (Å²) in [5.41, 5.74) is 3.10. The molecule has 2 aromatic rings. The van der Waals surface area contributed by atoms with Gasteiger partial charge in [0, 0.05) is 18.3 Å². The lowest BCUT2D eigenvalue weighted by Gasteiger charge is -2.33. The van der Waals surface area contributed by atoms with Gasteiger partial charge < -0.3 is 15.4 Å². The Bertz CT molecular complexity index is 1200. The molecule has 0 heterocycles. The maximum atomic E-state index is 13.8. The molecule has 7 nitrogen and oxygen atoms in total. The molecule has 0 saturated carbocycles. The number of aryl methyl sites for hydroxylation is 1. The summed E-state index contributed by atoms with van der Waals surface area (Å²) >= 11 is 0. The van der Waals surface area contributed by atoms with Crippen LogP contribution in [0.1, 0.15) is 93.4 Å². The van der Waals surface area contributed by atoms with Crippen molar-refractivity contribution in [3.05, 3.63) is 70.8 Å². The van der Waals surface area contributed by atoms with Crippen LogP contribution in [0.2, 0.25) is 0 Å². The van der Waals surface area contributed by atoms with E-state index in [0.29, 0.717) is 18.4 Å². The lowest BCUT2D eigenvalue weighted by Crippen LogP contribution is -2.51. The molecule has 2 aromatic carbocycles. The van der Waals surface area contributed by atoms with Crippen molar-refractivity contribution in [1.29, 1.82) is 0 Å². The van der Waals surface area contributed by atoms with E-state index in [1.165, 1.54) is 12.7 Å². The van der Waals surface area contributed by atoms with Crippen LogP contribution in [0.15, 0.2) is 48.5 Å². The Kier molecular flexibility index (Phi) is 10.7. The predicted octanol–water partition coefficient (Wildman–Crippen LogP) is 5.36. The van der Waals surface area contributed by atoms with Gasteiger partial charge in [-0.25, -0.2) is 4.79 Å². The summed E-state index contributed by atoms with van der Waals surface area (Å²) in [6.07, 6.45) is 3.79. The highest BCUT2D eigenvalue weighted by Crippen LogP contribution is 2.31. The van der Waals surface area contributed by atoms with Crippen LogP contribution in [0.3, 0.4) is 0 Å². The lowest BCUT2D eigenvalue weighted by molar-refractivity contribution is -0.135. The first-order chi connectivity index (χ1) is 18.9. The van der Waals surface area contributed by atoms with Gasteiger partial charge in [0.2, 0.25) is 11.8 Å². The summed E-state index contributed by atoms with van der Waals surface area (Å²) in [5, 5.41) is 6.20. The number of nitrogens with one attached hydrogen (secondary N) is 2. The Hall–Kier alpha value is -3.48. The van der Waals surface area contributed by atoms with E-state index in [2.05, 4.69) is 22.8 Å². The minimum absolute atomic E-state index is 0.0122. The van der Waals surface area contributed by atoms with Crippen molar-refractivity contribution in [3.63, 3.8) is 0 Å². The highest BCUT2D eigenvalue weighted by atomic mass is 16.5. The van der Waals surface area contributed by atoms with E-state index in [-0.39, 0.29) is 36.0 Å². The number of hydrogen-bond donors (Lipinski definition) is 2. The first-order valence-electron chi connectivity index (χ1n) is 14.3. The number of ketones is 1. The van der Waals surface area contributed by atoms with Crippen molar-refractivity contribution >= 4 is 23.6 Å². The van der Waals surface area contributed by atoms with Crippen LogP contribution >= 0.6 is 0 Å². The highest BCUT2D eigenvalue weighted by Gasteiger charge is 2.36. The van der Waals surface area contributed by atoms with Gasteiger partial charge in [0.05, 0.1) is 24.8 Å². The summed E-state index contributed by atoms with van der Waals surface area (Å²) in [7, 11) is 1.33. The van der Waals surface area contributed by atoms with Gasteiger partial charge in [-0.1, -0.05) is 71.0 Å². The third-order valence-electron chi connectivity index (χ3n) is 7.90. The Morgan fingerprint density at radius 3 is 2.30 bits per heavy atom. The fourth-order valence-electron chi connectivity index (χ4n) is 5.24. The SMILES string of the molecule is CC[C@@H](C)C(=O)N[C@H](C(=O)C[C@@H](Cc1ccc(C(=O)OC)cc1)C(=O)N[C@@H]1CCCc2ccccc21)C(C)(C)C. The number of fused-ring (bicyclic) bond motifs is 1. The summed E-state index contributed by atoms with van der Waals surface area (Å²) < 4.78 is 4.79. The van der Waals surface area contributed by atoms with Crippen LogP contribution in [0.25, 0.3) is 0 Å². The molecular weight excluding hydrogens is 504 g/mol. The Balaban J connectivity index is 1.86. The molecule has 2 amide bonds. The van der Waals surface area contributed by atoms with Crippen molar-refractivity contribution in [1.82, 2.24) is 10.6 Å². The second-order valence-electron chi connectivity index (χ2n) is 12.0. The maximum Gasteiger partial charge on any atom is 0.337 e. The second-order valence-corrected chi connectivity index (χ2v) is 12.0. The molecule has 0 spiro atoms. The van der Waals surface area contributed by atoms with Gasteiger partial charge in [-0.2, -0.15) is 0 Å².